The zero-order chi connectivity index (χ0) is 20.6. The van der Waals surface area contributed by atoms with E-state index >= 15 is 0 Å². The Morgan fingerprint density at radius 3 is 1.76 bits per heavy atom. The summed E-state index contributed by atoms with van der Waals surface area (Å²) in [5, 5.41) is 0. The van der Waals surface area contributed by atoms with E-state index < -0.39 is 11.6 Å². The molecule has 29 heavy (non-hydrogen) atoms. The lowest BCUT2D eigenvalue weighted by molar-refractivity contribution is 0.120. The van der Waals surface area contributed by atoms with Crippen molar-refractivity contribution in [2.45, 2.75) is 84.5 Å². The number of ether oxygens (including phenoxy) is 2. The van der Waals surface area contributed by atoms with Crippen molar-refractivity contribution in [1.82, 2.24) is 0 Å². The molecule has 2 aliphatic carbocycles. The molecule has 0 unspecified atom stereocenters. The topological polar surface area (TPSA) is 18.5 Å². The van der Waals surface area contributed by atoms with Gasteiger partial charge in [0.1, 0.15) is 0 Å². The number of halogens is 2. The molecule has 2 saturated carbocycles. The average Bonchev–Trinajstić information content (AvgIpc) is 2.75. The Labute approximate surface area is 175 Å². The quantitative estimate of drug-likeness (QED) is 0.420. The normalized spacial score (nSPS) is 27.6. The SMILES string of the molecule is CCCOc1ccc(OC[C@H]2CC[C@H]([C@H]3CC[C@H](CCC)CC3)CC2)c(F)c1F. The first-order valence-corrected chi connectivity index (χ1v) is 11.9. The van der Waals surface area contributed by atoms with Crippen LogP contribution in [-0.2, 0) is 0 Å². The summed E-state index contributed by atoms with van der Waals surface area (Å²) >= 11 is 0. The van der Waals surface area contributed by atoms with Crippen LogP contribution in [0.4, 0.5) is 8.78 Å². The molecule has 0 spiro atoms. The fourth-order valence-corrected chi connectivity index (χ4v) is 5.34. The molecule has 164 valence electrons. The van der Waals surface area contributed by atoms with Gasteiger partial charge in [-0.25, -0.2) is 0 Å². The van der Waals surface area contributed by atoms with Crippen molar-refractivity contribution >= 4 is 0 Å². The molecular weight excluding hydrogens is 370 g/mol. The minimum atomic E-state index is -0.946. The fraction of sp³-hybridized carbons (Fsp3) is 0.760. The number of hydrogen-bond donors (Lipinski definition) is 0. The van der Waals surface area contributed by atoms with Crippen LogP contribution in [0.1, 0.15) is 84.5 Å². The highest BCUT2D eigenvalue weighted by atomic mass is 19.2. The first-order valence-electron chi connectivity index (χ1n) is 11.9. The van der Waals surface area contributed by atoms with Crippen LogP contribution in [0.2, 0.25) is 0 Å². The van der Waals surface area contributed by atoms with Gasteiger partial charge >= 0.3 is 0 Å². The van der Waals surface area contributed by atoms with Crippen LogP contribution >= 0.6 is 0 Å². The van der Waals surface area contributed by atoms with E-state index in [2.05, 4.69) is 6.92 Å². The van der Waals surface area contributed by atoms with Crippen molar-refractivity contribution in [3.63, 3.8) is 0 Å². The van der Waals surface area contributed by atoms with Gasteiger partial charge in [-0.15, -0.1) is 0 Å². The van der Waals surface area contributed by atoms with Gasteiger partial charge in [0, 0.05) is 0 Å². The molecule has 0 atom stereocenters. The van der Waals surface area contributed by atoms with E-state index in [1.165, 1.54) is 63.5 Å². The third-order valence-electron chi connectivity index (χ3n) is 7.09. The van der Waals surface area contributed by atoms with Crippen LogP contribution in [0.3, 0.4) is 0 Å². The number of hydrogen-bond acceptors (Lipinski definition) is 2. The first-order chi connectivity index (χ1) is 14.1. The van der Waals surface area contributed by atoms with Crippen molar-refractivity contribution in [3.05, 3.63) is 23.8 Å². The largest absolute Gasteiger partial charge is 0.490 e. The third kappa shape index (κ3) is 6.08. The summed E-state index contributed by atoms with van der Waals surface area (Å²) in [6.07, 6.45) is 13.9. The van der Waals surface area contributed by atoms with E-state index in [4.69, 9.17) is 9.47 Å². The standard InChI is InChI=1S/C25H38F2O2/c1-3-5-18-6-10-20(11-7-18)21-12-8-19(9-13-21)17-29-23-15-14-22(28-16-4-2)24(26)25(23)27/h14-15,18-21H,3-13,16-17H2,1-2H3/t18-,19-,20-,21-. The van der Waals surface area contributed by atoms with Gasteiger partial charge in [-0.1, -0.05) is 39.5 Å². The summed E-state index contributed by atoms with van der Waals surface area (Å²) in [7, 11) is 0. The molecule has 0 aliphatic heterocycles. The Kier molecular flexibility index (Phi) is 8.62. The molecular formula is C25H38F2O2. The maximum Gasteiger partial charge on any atom is 0.204 e. The minimum Gasteiger partial charge on any atom is -0.490 e. The molecule has 2 nitrogen and oxygen atoms in total. The molecule has 2 aliphatic rings. The predicted octanol–water partition coefficient (Wildman–Crippen LogP) is 7.55. The lowest BCUT2D eigenvalue weighted by Gasteiger charge is -2.37. The van der Waals surface area contributed by atoms with Crippen molar-refractivity contribution < 1.29 is 18.3 Å². The number of benzene rings is 1. The van der Waals surface area contributed by atoms with E-state index in [0.29, 0.717) is 19.1 Å². The lowest BCUT2D eigenvalue weighted by Crippen LogP contribution is -2.27. The molecule has 0 N–H and O–H groups in total. The van der Waals surface area contributed by atoms with Crippen molar-refractivity contribution in [2.75, 3.05) is 13.2 Å². The summed E-state index contributed by atoms with van der Waals surface area (Å²) in [4.78, 5) is 0. The molecule has 0 bridgehead atoms. The molecule has 0 saturated heterocycles. The lowest BCUT2D eigenvalue weighted by atomic mass is 9.69. The van der Waals surface area contributed by atoms with Gasteiger partial charge < -0.3 is 9.47 Å². The Balaban J connectivity index is 1.42. The van der Waals surface area contributed by atoms with Gasteiger partial charge in [-0.2, -0.15) is 8.78 Å². The van der Waals surface area contributed by atoms with E-state index in [0.717, 1.165) is 37.0 Å². The highest BCUT2D eigenvalue weighted by molar-refractivity contribution is 5.35. The molecule has 1 aromatic carbocycles. The molecule has 2 fully saturated rings. The van der Waals surface area contributed by atoms with E-state index in [1.54, 1.807) is 0 Å². The maximum atomic E-state index is 14.3. The summed E-state index contributed by atoms with van der Waals surface area (Å²) < 4.78 is 39.3. The Morgan fingerprint density at radius 2 is 1.24 bits per heavy atom. The molecule has 4 heteroatoms. The minimum absolute atomic E-state index is 0.00252. The van der Waals surface area contributed by atoms with Gasteiger partial charge in [-0.3, -0.25) is 0 Å². The van der Waals surface area contributed by atoms with Gasteiger partial charge in [0.25, 0.3) is 0 Å². The Bertz CT molecular complexity index is 617. The molecule has 0 aromatic heterocycles. The van der Waals surface area contributed by atoms with Crippen LogP contribution in [0.15, 0.2) is 12.1 Å². The van der Waals surface area contributed by atoms with Gasteiger partial charge in [0.2, 0.25) is 11.6 Å². The van der Waals surface area contributed by atoms with Crippen molar-refractivity contribution in [3.8, 4) is 11.5 Å². The summed E-state index contributed by atoms with van der Waals surface area (Å²) in [6, 6.07) is 2.96. The van der Waals surface area contributed by atoms with Crippen LogP contribution in [0.5, 0.6) is 11.5 Å². The zero-order valence-corrected chi connectivity index (χ0v) is 18.2. The molecule has 0 radical (unpaired) electrons. The van der Waals surface area contributed by atoms with Crippen LogP contribution in [-0.4, -0.2) is 13.2 Å². The average molecular weight is 409 g/mol. The molecule has 0 heterocycles. The number of rotatable bonds is 9. The van der Waals surface area contributed by atoms with Gasteiger partial charge in [0.15, 0.2) is 11.5 Å². The van der Waals surface area contributed by atoms with Gasteiger partial charge in [0.05, 0.1) is 13.2 Å². The Hall–Kier alpha value is -1.32. The fourth-order valence-electron chi connectivity index (χ4n) is 5.34. The van der Waals surface area contributed by atoms with E-state index in [-0.39, 0.29) is 11.5 Å². The first kappa shape index (κ1) is 22.4. The van der Waals surface area contributed by atoms with Crippen LogP contribution < -0.4 is 9.47 Å². The van der Waals surface area contributed by atoms with E-state index in [1.807, 2.05) is 6.92 Å². The maximum absolute atomic E-state index is 14.3. The highest BCUT2D eigenvalue weighted by Crippen LogP contribution is 2.42. The smallest absolute Gasteiger partial charge is 0.204 e. The second-order valence-electron chi connectivity index (χ2n) is 9.20. The second-order valence-corrected chi connectivity index (χ2v) is 9.20. The van der Waals surface area contributed by atoms with Crippen molar-refractivity contribution in [1.29, 1.82) is 0 Å². The zero-order valence-electron chi connectivity index (χ0n) is 18.2. The van der Waals surface area contributed by atoms with Gasteiger partial charge in [-0.05, 0) is 80.8 Å². The van der Waals surface area contributed by atoms with Crippen LogP contribution in [0.25, 0.3) is 0 Å². The molecule has 3 rings (SSSR count). The predicted molar refractivity (Wildman–Crippen MR) is 113 cm³/mol. The highest BCUT2D eigenvalue weighted by Gasteiger charge is 2.31. The summed E-state index contributed by atoms with van der Waals surface area (Å²) in [5.41, 5.74) is 0. The third-order valence-corrected chi connectivity index (χ3v) is 7.09. The summed E-state index contributed by atoms with van der Waals surface area (Å²) in [6.45, 7) is 5.07. The summed E-state index contributed by atoms with van der Waals surface area (Å²) in [5.74, 6) is 1.27. The molecule has 1 aromatic rings. The second kappa shape index (κ2) is 11.2. The van der Waals surface area contributed by atoms with E-state index in [9.17, 15) is 8.78 Å². The molecule has 0 amide bonds. The monoisotopic (exact) mass is 408 g/mol. The Morgan fingerprint density at radius 1 is 0.724 bits per heavy atom. The van der Waals surface area contributed by atoms with Crippen molar-refractivity contribution in [2.24, 2.45) is 23.7 Å². The van der Waals surface area contributed by atoms with Crippen LogP contribution in [0, 0.1) is 35.3 Å².